The summed E-state index contributed by atoms with van der Waals surface area (Å²) in [7, 11) is 0. The third-order valence-electron chi connectivity index (χ3n) is 4.49. The van der Waals surface area contributed by atoms with Gasteiger partial charge in [-0.15, -0.1) is 17.9 Å². The first-order valence-corrected chi connectivity index (χ1v) is 9.66. The molecule has 0 aliphatic heterocycles. The van der Waals surface area contributed by atoms with Gasteiger partial charge in [-0.2, -0.15) is 0 Å². The molecule has 2 aromatic heterocycles. The zero-order valence-corrected chi connectivity index (χ0v) is 16.5. The predicted octanol–water partition coefficient (Wildman–Crippen LogP) is 5.32. The van der Waals surface area contributed by atoms with E-state index in [1.54, 1.807) is 6.08 Å². The topological polar surface area (TPSA) is 33.2 Å². The fraction of sp³-hybridized carbons (Fsp3) is 0.238. The van der Waals surface area contributed by atoms with Crippen LogP contribution in [0.2, 0.25) is 4.34 Å². The normalized spacial score (nSPS) is 10.9. The van der Waals surface area contributed by atoms with E-state index >= 15 is 0 Å². The van der Waals surface area contributed by atoms with Gasteiger partial charge in [0.15, 0.2) is 0 Å². The number of thiophene rings is 1. The van der Waals surface area contributed by atoms with Gasteiger partial charge in [-0.3, -0.25) is 9.78 Å². The largest absolute Gasteiger partial charge is 0.334 e. The molecule has 0 atom stereocenters. The maximum absolute atomic E-state index is 13.0. The fourth-order valence-electron chi connectivity index (χ4n) is 3.13. The van der Waals surface area contributed by atoms with Crippen LogP contribution in [0.3, 0.4) is 0 Å². The molecule has 3 aromatic rings. The number of carbonyl (C=O) groups is 1. The lowest BCUT2D eigenvalue weighted by atomic mass is 9.99. The zero-order chi connectivity index (χ0) is 18.7. The number of aromatic nitrogens is 1. The van der Waals surface area contributed by atoms with Crippen molar-refractivity contribution in [1.82, 2.24) is 9.88 Å². The van der Waals surface area contributed by atoms with Crippen molar-refractivity contribution in [2.24, 2.45) is 0 Å². The number of hydrogen-bond acceptors (Lipinski definition) is 3. The van der Waals surface area contributed by atoms with Gasteiger partial charge in [-0.05, 0) is 43.2 Å². The lowest BCUT2D eigenvalue weighted by molar-refractivity contribution is -0.130. The summed E-state index contributed by atoms with van der Waals surface area (Å²) in [5.74, 6) is 0.0673. The summed E-state index contributed by atoms with van der Waals surface area (Å²) in [5.41, 5.74) is 4.01. The van der Waals surface area contributed by atoms with Crippen LogP contribution in [-0.2, 0) is 17.8 Å². The van der Waals surface area contributed by atoms with E-state index in [9.17, 15) is 4.79 Å². The van der Waals surface area contributed by atoms with Gasteiger partial charge in [0, 0.05) is 22.5 Å². The monoisotopic (exact) mass is 384 g/mol. The first kappa shape index (κ1) is 18.6. The van der Waals surface area contributed by atoms with Crippen LogP contribution >= 0.6 is 22.9 Å². The molecule has 1 aromatic carbocycles. The van der Waals surface area contributed by atoms with Gasteiger partial charge in [0.1, 0.15) is 0 Å². The third-order valence-corrected chi connectivity index (χ3v) is 5.71. The van der Waals surface area contributed by atoms with E-state index in [1.807, 2.05) is 42.2 Å². The first-order chi connectivity index (χ1) is 12.5. The number of aryl methyl sites for hydroxylation is 2. The minimum atomic E-state index is 0.0673. The van der Waals surface area contributed by atoms with Crippen molar-refractivity contribution in [1.29, 1.82) is 0 Å². The Balaban J connectivity index is 1.87. The van der Waals surface area contributed by atoms with Crippen molar-refractivity contribution in [3.63, 3.8) is 0 Å². The third kappa shape index (κ3) is 3.97. The molecule has 0 N–H and O–H groups in total. The molecule has 0 aliphatic rings. The van der Waals surface area contributed by atoms with Crippen LogP contribution < -0.4 is 0 Å². The highest BCUT2D eigenvalue weighted by Gasteiger charge is 2.18. The number of benzene rings is 1. The maximum Gasteiger partial charge on any atom is 0.227 e. The fourth-order valence-corrected chi connectivity index (χ4v) is 4.23. The van der Waals surface area contributed by atoms with E-state index in [1.165, 1.54) is 11.3 Å². The lowest BCUT2D eigenvalue weighted by Gasteiger charge is -2.22. The minimum absolute atomic E-state index is 0.0673. The molecular weight excluding hydrogens is 364 g/mol. The number of nitrogens with zero attached hydrogens (tertiary/aromatic N) is 2. The number of pyridine rings is 1. The summed E-state index contributed by atoms with van der Waals surface area (Å²) in [5, 5.41) is 1.10. The Bertz CT molecular complexity index is 964. The summed E-state index contributed by atoms with van der Waals surface area (Å²) in [6.07, 6.45) is 2.09. The van der Waals surface area contributed by atoms with Gasteiger partial charge in [0.25, 0.3) is 0 Å². The Morgan fingerprint density at radius 3 is 2.73 bits per heavy atom. The smallest absolute Gasteiger partial charge is 0.227 e. The first-order valence-electron chi connectivity index (χ1n) is 8.47. The van der Waals surface area contributed by atoms with Gasteiger partial charge in [0.05, 0.1) is 22.8 Å². The summed E-state index contributed by atoms with van der Waals surface area (Å²) in [6.45, 7) is 8.87. The number of hydrogen-bond donors (Lipinski definition) is 0. The van der Waals surface area contributed by atoms with Crippen LogP contribution in [0.1, 0.15) is 21.7 Å². The molecule has 26 heavy (non-hydrogen) atoms. The second-order valence-electron chi connectivity index (χ2n) is 6.26. The molecule has 0 aliphatic carbocycles. The summed E-state index contributed by atoms with van der Waals surface area (Å²) >= 11 is 7.51. The molecule has 1 amide bonds. The predicted molar refractivity (Wildman–Crippen MR) is 110 cm³/mol. The molecular formula is C21H21ClN2OS. The van der Waals surface area contributed by atoms with Gasteiger partial charge >= 0.3 is 0 Å². The average Bonchev–Trinajstić information content (AvgIpc) is 3.03. The van der Waals surface area contributed by atoms with E-state index in [-0.39, 0.29) is 5.91 Å². The van der Waals surface area contributed by atoms with Crippen molar-refractivity contribution in [3.8, 4) is 0 Å². The molecule has 0 fully saturated rings. The highest BCUT2D eigenvalue weighted by Crippen LogP contribution is 2.25. The summed E-state index contributed by atoms with van der Waals surface area (Å²) in [4.78, 5) is 20.5. The Kier molecular flexibility index (Phi) is 5.74. The molecule has 2 heterocycles. The average molecular weight is 385 g/mol. The molecule has 0 saturated carbocycles. The van der Waals surface area contributed by atoms with Crippen LogP contribution in [0.15, 0.2) is 49.1 Å². The van der Waals surface area contributed by atoms with Crippen molar-refractivity contribution in [2.75, 3.05) is 6.54 Å². The maximum atomic E-state index is 13.0. The Morgan fingerprint density at radius 2 is 2.04 bits per heavy atom. The van der Waals surface area contributed by atoms with Crippen molar-refractivity contribution in [2.45, 2.75) is 26.8 Å². The van der Waals surface area contributed by atoms with Crippen molar-refractivity contribution >= 4 is 39.7 Å². The number of amides is 1. The zero-order valence-electron chi connectivity index (χ0n) is 15.0. The number of fused-ring (bicyclic) bond motifs is 1. The summed E-state index contributed by atoms with van der Waals surface area (Å²) < 4.78 is 0.733. The highest BCUT2D eigenvalue weighted by molar-refractivity contribution is 7.16. The second kappa shape index (κ2) is 8.02. The molecule has 0 unspecified atom stereocenters. The Hall–Kier alpha value is -2.17. The number of para-hydroxylation sites is 1. The quantitative estimate of drug-likeness (QED) is 0.538. The molecule has 3 rings (SSSR count). The minimum Gasteiger partial charge on any atom is -0.334 e. The van der Waals surface area contributed by atoms with E-state index in [0.29, 0.717) is 19.5 Å². The molecule has 0 bridgehead atoms. The van der Waals surface area contributed by atoms with Crippen LogP contribution in [0.25, 0.3) is 10.9 Å². The van der Waals surface area contributed by atoms with E-state index < -0.39 is 0 Å². The van der Waals surface area contributed by atoms with Crippen LogP contribution in [0, 0.1) is 13.8 Å². The molecule has 3 nitrogen and oxygen atoms in total. The number of carbonyl (C=O) groups excluding carboxylic acids is 1. The van der Waals surface area contributed by atoms with Gasteiger partial charge in [0.2, 0.25) is 5.91 Å². The van der Waals surface area contributed by atoms with E-state index in [0.717, 1.165) is 36.9 Å². The van der Waals surface area contributed by atoms with Gasteiger partial charge in [-0.25, -0.2) is 0 Å². The Labute approximate surface area is 162 Å². The van der Waals surface area contributed by atoms with Crippen molar-refractivity contribution in [3.05, 3.63) is 75.1 Å². The van der Waals surface area contributed by atoms with E-state index in [2.05, 4.69) is 24.6 Å². The Morgan fingerprint density at radius 1 is 1.27 bits per heavy atom. The van der Waals surface area contributed by atoms with Crippen LogP contribution in [0.5, 0.6) is 0 Å². The number of halogens is 1. The molecule has 134 valence electrons. The van der Waals surface area contributed by atoms with Gasteiger partial charge < -0.3 is 4.90 Å². The second-order valence-corrected chi connectivity index (χ2v) is 8.06. The number of rotatable bonds is 6. The van der Waals surface area contributed by atoms with Crippen LogP contribution in [-0.4, -0.2) is 22.3 Å². The standard InChI is InChI=1S/C21H21ClN2OS/c1-4-11-24(13-16-9-10-20(22)26-16)21(25)12-18-14(2)17-7-5-6-8-19(17)23-15(18)3/h4-10H,1,11-13H2,2-3H3. The lowest BCUT2D eigenvalue weighted by Crippen LogP contribution is -2.32. The molecule has 5 heteroatoms. The SMILES string of the molecule is C=CCN(Cc1ccc(Cl)s1)C(=O)Cc1c(C)nc2ccccc2c1C. The molecule has 0 saturated heterocycles. The summed E-state index contributed by atoms with van der Waals surface area (Å²) in [6, 6.07) is 11.9. The van der Waals surface area contributed by atoms with Gasteiger partial charge in [-0.1, -0.05) is 35.9 Å². The van der Waals surface area contributed by atoms with Crippen LogP contribution in [0.4, 0.5) is 0 Å². The highest BCUT2D eigenvalue weighted by atomic mass is 35.5. The molecule has 0 spiro atoms. The van der Waals surface area contributed by atoms with Crippen molar-refractivity contribution < 1.29 is 4.79 Å². The molecule has 0 radical (unpaired) electrons. The van der Waals surface area contributed by atoms with E-state index in [4.69, 9.17) is 11.6 Å².